The van der Waals surface area contributed by atoms with E-state index in [1.54, 1.807) is 39.4 Å². The molecule has 2 N–H and O–H groups in total. The van der Waals surface area contributed by atoms with Gasteiger partial charge in [0.2, 0.25) is 0 Å². The summed E-state index contributed by atoms with van der Waals surface area (Å²) in [4.78, 5) is 27.1. The van der Waals surface area contributed by atoms with Gasteiger partial charge in [-0.1, -0.05) is 26.3 Å². The Morgan fingerprint density at radius 1 is 1.00 bits per heavy atom. The van der Waals surface area contributed by atoms with Gasteiger partial charge < -0.3 is 34.3 Å². The molecular weight excluding hydrogens is 452 g/mol. The Morgan fingerprint density at radius 3 is 2.17 bits per heavy atom. The summed E-state index contributed by atoms with van der Waals surface area (Å²) >= 11 is 0. The largest absolute Gasteiger partial charge is 0.493 e. The van der Waals surface area contributed by atoms with Crippen LogP contribution in [0.3, 0.4) is 0 Å². The lowest BCUT2D eigenvalue weighted by atomic mass is 9.87. The molecular formula is C26H34N2O7. The van der Waals surface area contributed by atoms with Gasteiger partial charge in [-0.2, -0.15) is 0 Å². The fraction of sp³-hybridized carbons (Fsp3) is 0.462. The summed E-state index contributed by atoms with van der Waals surface area (Å²) in [5.74, 6) is 0.968. The number of methoxy groups -OCH3 is 4. The number of carbonyl (C=O) groups is 2. The Balaban J connectivity index is 2.12. The van der Waals surface area contributed by atoms with E-state index in [-0.39, 0.29) is 5.92 Å². The topological polar surface area (TPSA) is 107 Å². The quantitative estimate of drug-likeness (QED) is 0.554. The summed E-state index contributed by atoms with van der Waals surface area (Å²) in [5, 5.41) is 12.5. The van der Waals surface area contributed by atoms with Gasteiger partial charge in [-0.25, -0.2) is 9.59 Å². The lowest BCUT2D eigenvalue weighted by molar-refractivity contribution is -0.140. The second-order valence-electron chi connectivity index (χ2n) is 8.52. The summed E-state index contributed by atoms with van der Waals surface area (Å²) in [5.41, 5.74) is 2.68. The van der Waals surface area contributed by atoms with Crippen molar-refractivity contribution in [3.63, 3.8) is 0 Å². The van der Waals surface area contributed by atoms with Crippen molar-refractivity contribution in [2.45, 2.75) is 38.8 Å². The van der Waals surface area contributed by atoms with Crippen molar-refractivity contribution in [2.75, 3.05) is 35.0 Å². The predicted molar refractivity (Wildman–Crippen MR) is 131 cm³/mol. The molecule has 9 nitrogen and oxygen atoms in total. The van der Waals surface area contributed by atoms with Crippen LogP contribution in [0.2, 0.25) is 0 Å². The van der Waals surface area contributed by atoms with Crippen LogP contribution in [0.1, 0.15) is 43.0 Å². The third kappa shape index (κ3) is 5.23. The lowest BCUT2D eigenvalue weighted by Crippen LogP contribution is -2.53. The van der Waals surface area contributed by atoms with Crippen molar-refractivity contribution < 1.29 is 33.6 Å². The van der Waals surface area contributed by atoms with Crippen LogP contribution in [-0.4, -0.2) is 63.0 Å². The molecule has 1 aliphatic heterocycles. The van der Waals surface area contributed by atoms with Crippen LogP contribution in [-0.2, 0) is 11.2 Å². The van der Waals surface area contributed by atoms with Crippen molar-refractivity contribution in [3.8, 4) is 23.0 Å². The Hall–Kier alpha value is -3.62. The Labute approximate surface area is 205 Å². The van der Waals surface area contributed by atoms with Crippen LogP contribution in [0.5, 0.6) is 23.0 Å². The van der Waals surface area contributed by atoms with Crippen molar-refractivity contribution in [1.29, 1.82) is 0 Å². The van der Waals surface area contributed by atoms with E-state index in [2.05, 4.69) is 5.32 Å². The molecule has 0 aromatic heterocycles. The summed E-state index contributed by atoms with van der Waals surface area (Å²) in [6.07, 6.45) is 1.20. The zero-order chi connectivity index (χ0) is 25.7. The van der Waals surface area contributed by atoms with Crippen molar-refractivity contribution >= 4 is 12.0 Å². The van der Waals surface area contributed by atoms with Gasteiger partial charge in [-0.15, -0.1) is 0 Å². The minimum Gasteiger partial charge on any atom is -0.493 e. The Morgan fingerprint density at radius 2 is 1.60 bits per heavy atom. The highest BCUT2D eigenvalue weighted by atomic mass is 16.5. The smallest absolute Gasteiger partial charge is 0.326 e. The molecule has 0 radical (unpaired) electrons. The number of carboxylic acid groups (broad SMARTS) is 1. The first-order valence-corrected chi connectivity index (χ1v) is 11.6. The van der Waals surface area contributed by atoms with Gasteiger partial charge in [-0.3, -0.25) is 0 Å². The Kier molecular flexibility index (Phi) is 8.32. The number of hydrogen-bond acceptors (Lipinski definition) is 6. The van der Waals surface area contributed by atoms with Gasteiger partial charge in [0.1, 0.15) is 6.04 Å². The number of hydrogen-bond donors (Lipinski definition) is 2. The molecule has 3 rings (SSSR count). The minimum absolute atomic E-state index is 0.225. The molecule has 0 saturated carbocycles. The highest BCUT2D eigenvalue weighted by Crippen LogP contribution is 2.42. The SMILES string of the molecule is CCC(C)C(NC(=O)N1CCc2cc(OC)c(OC)cc2C1c1ccc(OC)c(OC)c1)C(=O)O. The maximum atomic E-state index is 13.5. The van der Waals surface area contributed by atoms with Crippen LogP contribution < -0.4 is 24.3 Å². The molecule has 1 heterocycles. The average molecular weight is 487 g/mol. The number of aliphatic carboxylic acids is 1. The third-order valence-corrected chi connectivity index (χ3v) is 6.62. The van der Waals surface area contributed by atoms with Crippen molar-refractivity contribution in [1.82, 2.24) is 10.2 Å². The fourth-order valence-corrected chi connectivity index (χ4v) is 4.45. The van der Waals surface area contributed by atoms with Crippen LogP contribution >= 0.6 is 0 Å². The monoisotopic (exact) mass is 486 g/mol. The molecule has 3 unspecified atom stereocenters. The zero-order valence-electron chi connectivity index (χ0n) is 21.1. The molecule has 3 atom stereocenters. The van der Waals surface area contributed by atoms with E-state index in [4.69, 9.17) is 18.9 Å². The molecule has 2 amide bonds. The average Bonchev–Trinajstić information content (AvgIpc) is 2.88. The first kappa shape index (κ1) is 26.0. The van der Waals surface area contributed by atoms with Crippen LogP contribution in [0.4, 0.5) is 4.79 Å². The standard InChI is InChI=1S/C26H34N2O7/c1-7-15(2)23(25(29)30)27-26(31)28-11-10-16-12-21(34-5)22(35-6)14-18(16)24(28)17-8-9-19(32-3)20(13-17)33-4/h8-9,12-15,23-24H,7,10-11H2,1-6H3,(H,27,31)(H,29,30). The van der Waals surface area contributed by atoms with E-state index in [9.17, 15) is 14.7 Å². The number of nitrogens with zero attached hydrogens (tertiary/aromatic N) is 1. The molecule has 0 fully saturated rings. The van der Waals surface area contributed by atoms with E-state index in [0.717, 1.165) is 16.7 Å². The third-order valence-electron chi connectivity index (χ3n) is 6.62. The molecule has 0 saturated heterocycles. The van der Waals surface area contributed by atoms with E-state index in [0.29, 0.717) is 42.4 Å². The summed E-state index contributed by atoms with van der Waals surface area (Å²) in [7, 11) is 6.26. The molecule has 9 heteroatoms. The molecule has 0 aliphatic carbocycles. The number of benzene rings is 2. The number of carbonyl (C=O) groups excluding carboxylic acids is 1. The van der Waals surface area contributed by atoms with Gasteiger partial charge in [0, 0.05) is 6.54 Å². The minimum atomic E-state index is -1.06. The number of amides is 2. The van der Waals surface area contributed by atoms with Gasteiger partial charge in [0.05, 0.1) is 34.5 Å². The summed E-state index contributed by atoms with van der Waals surface area (Å²) in [6, 6.07) is 7.35. The van der Waals surface area contributed by atoms with E-state index < -0.39 is 24.1 Å². The molecule has 0 spiro atoms. The summed E-state index contributed by atoms with van der Waals surface area (Å²) in [6.45, 7) is 4.10. The normalized spacial score (nSPS) is 16.5. The number of fused-ring (bicyclic) bond motifs is 1. The second-order valence-corrected chi connectivity index (χ2v) is 8.52. The maximum Gasteiger partial charge on any atom is 0.326 e. The predicted octanol–water partition coefficient (Wildman–Crippen LogP) is 3.88. The molecule has 2 aromatic rings. The molecule has 0 bridgehead atoms. The first-order valence-electron chi connectivity index (χ1n) is 11.6. The number of nitrogens with one attached hydrogen (secondary N) is 1. The molecule has 190 valence electrons. The maximum absolute atomic E-state index is 13.5. The lowest BCUT2D eigenvalue weighted by Gasteiger charge is -2.39. The highest BCUT2D eigenvalue weighted by molar-refractivity contribution is 5.83. The molecule has 35 heavy (non-hydrogen) atoms. The molecule has 2 aromatic carbocycles. The van der Waals surface area contributed by atoms with E-state index in [1.165, 1.54) is 0 Å². The van der Waals surface area contributed by atoms with Crippen molar-refractivity contribution in [3.05, 3.63) is 47.0 Å². The highest BCUT2D eigenvalue weighted by Gasteiger charge is 2.36. The van der Waals surface area contributed by atoms with E-state index >= 15 is 0 Å². The van der Waals surface area contributed by atoms with Gasteiger partial charge >= 0.3 is 12.0 Å². The van der Waals surface area contributed by atoms with Crippen LogP contribution in [0.25, 0.3) is 0 Å². The van der Waals surface area contributed by atoms with Gasteiger partial charge in [0.25, 0.3) is 0 Å². The van der Waals surface area contributed by atoms with Crippen LogP contribution in [0.15, 0.2) is 30.3 Å². The van der Waals surface area contributed by atoms with Crippen LogP contribution in [0, 0.1) is 5.92 Å². The molecule has 1 aliphatic rings. The fourth-order valence-electron chi connectivity index (χ4n) is 4.45. The number of ether oxygens (including phenoxy) is 4. The Bertz CT molecular complexity index is 1070. The number of carboxylic acids is 1. The number of rotatable bonds is 9. The van der Waals surface area contributed by atoms with E-state index in [1.807, 2.05) is 38.1 Å². The summed E-state index contributed by atoms with van der Waals surface area (Å²) < 4.78 is 21.9. The van der Waals surface area contributed by atoms with Gasteiger partial charge in [0.15, 0.2) is 23.0 Å². The van der Waals surface area contributed by atoms with Crippen molar-refractivity contribution in [2.24, 2.45) is 5.92 Å². The number of urea groups is 1. The van der Waals surface area contributed by atoms with Gasteiger partial charge in [-0.05, 0) is 53.3 Å². The second kappa shape index (κ2) is 11.2. The first-order chi connectivity index (χ1) is 16.8. The zero-order valence-corrected chi connectivity index (χ0v) is 21.1.